The number of nitrogens with zero attached hydrogens (tertiary/aromatic N) is 2. The fraction of sp³-hybridized carbons (Fsp3) is 0.421. The Morgan fingerprint density at radius 2 is 2.12 bits per heavy atom. The smallest absolute Gasteiger partial charge is 0.317 e. The number of thiophene rings is 1. The van der Waals surface area contributed by atoms with Crippen molar-refractivity contribution in [2.45, 2.75) is 19.5 Å². The van der Waals surface area contributed by atoms with E-state index in [0.717, 1.165) is 38.2 Å². The topological polar surface area (TPSA) is 35.6 Å². The predicted octanol–water partition coefficient (Wildman–Crippen LogP) is 3.41. The van der Waals surface area contributed by atoms with Gasteiger partial charge in [-0.25, -0.2) is 4.79 Å². The lowest BCUT2D eigenvalue weighted by atomic mass is 10.1. The van der Waals surface area contributed by atoms with E-state index in [1.54, 1.807) is 11.3 Å². The van der Waals surface area contributed by atoms with Crippen LogP contribution in [0, 0.1) is 5.92 Å². The molecule has 4 nitrogen and oxygen atoms in total. The summed E-state index contributed by atoms with van der Waals surface area (Å²) in [5.41, 5.74) is 2.52. The highest BCUT2D eigenvalue weighted by Crippen LogP contribution is 2.19. The Labute approximate surface area is 148 Å². The number of hydrogen-bond donors (Lipinski definition) is 1. The Morgan fingerprint density at radius 1 is 1.29 bits per heavy atom. The summed E-state index contributed by atoms with van der Waals surface area (Å²) in [6, 6.07) is 12.7. The molecule has 0 bridgehead atoms. The summed E-state index contributed by atoms with van der Waals surface area (Å²) in [5.74, 6) is 0.561. The number of rotatable bonds is 6. The lowest BCUT2D eigenvalue weighted by molar-refractivity contribution is 0.199. The number of amides is 2. The summed E-state index contributed by atoms with van der Waals surface area (Å²) in [4.78, 5) is 16.5. The van der Waals surface area contributed by atoms with E-state index in [-0.39, 0.29) is 6.03 Å². The predicted molar refractivity (Wildman–Crippen MR) is 99.0 cm³/mol. The molecule has 24 heavy (non-hydrogen) atoms. The molecule has 2 heterocycles. The van der Waals surface area contributed by atoms with Crippen LogP contribution in [0.4, 0.5) is 4.79 Å². The van der Waals surface area contributed by atoms with E-state index in [9.17, 15) is 4.79 Å². The van der Waals surface area contributed by atoms with E-state index in [1.165, 1.54) is 5.56 Å². The zero-order valence-electron chi connectivity index (χ0n) is 14.1. The van der Waals surface area contributed by atoms with Crippen LogP contribution in [0.1, 0.15) is 17.5 Å². The molecule has 0 radical (unpaired) electrons. The van der Waals surface area contributed by atoms with Crippen molar-refractivity contribution >= 4 is 17.4 Å². The number of likely N-dealkylation sites (tertiary alicyclic amines) is 1. The van der Waals surface area contributed by atoms with Crippen molar-refractivity contribution in [1.29, 1.82) is 0 Å². The molecule has 2 amide bonds. The van der Waals surface area contributed by atoms with E-state index in [1.807, 2.05) is 23.4 Å². The SMILES string of the molecule is CN(C[C@H]1CCN(Cc2ccccc2)C1)C(=O)NCc1ccsc1. The third kappa shape index (κ3) is 4.82. The van der Waals surface area contributed by atoms with Crippen LogP contribution in [0.5, 0.6) is 0 Å². The largest absolute Gasteiger partial charge is 0.334 e. The molecule has 0 saturated carbocycles. The van der Waals surface area contributed by atoms with Crippen LogP contribution in [0.3, 0.4) is 0 Å². The van der Waals surface area contributed by atoms with Gasteiger partial charge in [0.05, 0.1) is 0 Å². The number of carbonyl (C=O) groups excluding carboxylic acids is 1. The third-order valence-corrected chi connectivity index (χ3v) is 5.25. The lowest BCUT2D eigenvalue weighted by Gasteiger charge is -2.22. The third-order valence-electron chi connectivity index (χ3n) is 4.52. The molecule has 1 fully saturated rings. The van der Waals surface area contributed by atoms with Crippen molar-refractivity contribution in [2.24, 2.45) is 5.92 Å². The van der Waals surface area contributed by atoms with Gasteiger partial charge >= 0.3 is 6.03 Å². The minimum Gasteiger partial charge on any atom is -0.334 e. The second kappa shape index (κ2) is 8.31. The maximum atomic E-state index is 12.2. The molecule has 1 N–H and O–H groups in total. The summed E-state index contributed by atoms with van der Waals surface area (Å²) in [6.45, 7) is 4.62. The highest BCUT2D eigenvalue weighted by Gasteiger charge is 2.24. The minimum atomic E-state index is 0.0164. The first-order valence-electron chi connectivity index (χ1n) is 8.47. The summed E-state index contributed by atoms with van der Waals surface area (Å²) < 4.78 is 0. The van der Waals surface area contributed by atoms with Gasteiger partial charge < -0.3 is 10.2 Å². The Balaban J connectivity index is 1.40. The number of benzene rings is 1. The molecule has 1 saturated heterocycles. The van der Waals surface area contributed by atoms with E-state index < -0.39 is 0 Å². The number of carbonyl (C=O) groups is 1. The Kier molecular flexibility index (Phi) is 5.88. The van der Waals surface area contributed by atoms with Gasteiger partial charge in [-0.1, -0.05) is 30.3 Å². The highest BCUT2D eigenvalue weighted by atomic mass is 32.1. The quantitative estimate of drug-likeness (QED) is 0.872. The van der Waals surface area contributed by atoms with Gasteiger partial charge in [-0.15, -0.1) is 0 Å². The number of hydrogen-bond acceptors (Lipinski definition) is 3. The van der Waals surface area contributed by atoms with E-state index in [4.69, 9.17) is 0 Å². The summed E-state index contributed by atoms with van der Waals surface area (Å²) >= 11 is 1.66. The van der Waals surface area contributed by atoms with Gasteiger partial charge in [0.15, 0.2) is 0 Å². The van der Waals surface area contributed by atoms with Gasteiger partial charge in [0.25, 0.3) is 0 Å². The molecule has 3 rings (SSSR count). The van der Waals surface area contributed by atoms with Crippen molar-refractivity contribution in [3.63, 3.8) is 0 Å². The second-order valence-electron chi connectivity index (χ2n) is 6.55. The van der Waals surface area contributed by atoms with Crippen LogP contribution in [0.15, 0.2) is 47.2 Å². The Morgan fingerprint density at radius 3 is 2.88 bits per heavy atom. The van der Waals surface area contributed by atoms with Crippen LogP contribution in [0.2, 0.25) is 0 Å². The van der Waals surface area contributed by atoms with Crippen molar-refractivity contribution in [3.8, 4) is 0 Å². The van der Waals surface area contributed by atoms with Gasteiger partial charge in [-0.3, -0.25) is 4.90 Å². The monoisotopic (exact) mass is 343 g/mol. The Hall–Kier alpha value is -1.85. The molecule has 1 aliphatic heterocycles. The average molecular weight is 343 g/mol. The molecule has 1 aromatic carbocycles. The molecule has 2 aromatic rings. The zero-order valence-corrected chi connectivity index (χ0v) is 15.0. The average Bonchev–Trinajstić information content (AvgIpc) is 3.25. The molecule has 0 aliphatic carbocycles. The van der Waals surface area contributed by atoms with Crippen molar-refractivity contribution in [2.75, 3.05) is 26.7 Å². The van der Waals surface area contributed by atoms with Crippen LogP contribution in [-0.4, -0.2) is 42.5 Å². The van der Waals surface area contributed by atoms with Crippen LogP contribution >= 0.6 is 11.3 Å². The van der Waals surface area contributed by atoms with Gasteiger partial charge in [0.2, 0.25) is 0 Å². The van der Waals surface area contributed by atoms with Gasteiger partial charge in [-0.05, 0) is 46.8 Å². The maximum absolute atomic E-state index is 12.2. The lowest BCUT2D eigenvalue weighted by Crippen LogP contribution is -2.40. The summed E-state index contributed by atoms with van der Waals surface area (Å²) in [6.07, 6.45) is 1.16. The van der Waals surface area contributed by atoms with Crippen LogP contribution in [0.25, 0.3) is 0 Å². The molecular formula is C19H25N3OS. The zero-order chi connectivity index (χ0) is 16.8. The van der Waals surface area contributed by atoms with E-state index in [0.29, 0.717) is 12.5 Å². The van der Waals surface area contributed by atoms with Gasteiger partial charge in [0.1, 0.15) is 0 Å². The molecule has 5 heteroatoms. The maximum Gasteiger partial charge on any atom is 0.317 e. The van der Waals surface area contributed by atoms with Crippen molar-refractivity contribution in [1.82, 2.24) is 15.1 Å². The fourth-order valence-electron chi connectivity index (χ4n) is 3.22. The molecule has 0 spiro atoms. The van der Waals surface area contributed by atoms with E-state index in [2.05, 4.69) is 45.9 Å². The first-order valence-corrected chi connectivity index (χ1v) is 9.41. The molecule has 128 valence electrons. The number of nitrogens with one attached hydrogen (secondary N) is 1. The first-order chi connectivity index (χ1) is 11.7. The molecule has 0 unspecified atom stereocenters. The van der Waals surface area contributed by atoms with Crippen LogP contribution in [-0.2, 0) is 13.1 Å². The second-order valence-corrected chi connectivity index (χ2v) is 7.33. The van der Waals surface area contributed by atoms with Crippen molar-refractivity contribution in [3.05, 3.63) is 58.3 Å². The van der Waals surface area contributed by atoms with Crippen LogP contribution < -0.4 is 5.32 Å². The van der Waals surface area contributed by atoms with Gasteiger partial charge in [0, 0.05) is 33.2 Å². The molecule has 1 atom stereocenters. The summed E-state index contributed by atoms with van der Waals surface area (Å²) in [7, 11) is 1.89. The normalized spacial score (nSPS) is 17.8. The highest BCUT2D eigenvalue weighted by molar-refractivity contribution is 7.07. The Bertz CT molecular complexity index is 629. The van der Waals surface area contributed by atoms with Gasteiger partial charge in [-0.2, -0.15) is 11.3 Å². The standard InChI is InChI=1S/C19H25N3OS/c1-21(19(23)20-11-17-8-10-24-15-17)12-18-7-9-22(14-18)13-16-5-3-2-4-6-16/h2-6,8,10,15,18H,7,9,11-14H2,1H3,(H,20,23)/t18-/m1/s1. The number of urea groups is 1. The minimum absolute atomic E-state index is 0.0164. The van der Waals surface area contributed by atoms with E-state index >= 15 is 0 Å². The molecular weight excluding hydrogens is 318 g/mol. The first kappa shape index (κ1) is 17.0. The summed E-state index contributed by atoms with van der Waals surface area (Å²) in [5, 5.41) is 7.09. The molecule has 1 aromatic heterocycles. The molecule has 1 aliphatic rings. The fourth-order valence-corrected chi connectivity index (χ4v) is 3.89. The van der Waals surface area contributed by atoms with Crippen molar-refractivity contribution < 1.29 is 4.79 Å².